The molecule has 1 aliphatic heterocycles. The van der Waals surface area contributed by atoms with Crippen LogP contribution in [0.25, 0.3) is 0 Å². The molecular formula is C12H16IN2S+. The Morgan fingerprint density at radius 1 is 1.31 bits per heavy atom. The van der Waals surface area contributed by atoms with E-state index in [4.69, 9.17) is 0 Å². The summed E-state index contributed by atoms with van der Waals surface area (Å²) in [6.45, 7) is 1.15. The predicted octanol–water partition coefficient (Wildman–Crippen LogP) is 3.02. The summed E-state index contributed by atoms with van der Waals surface area (Å²) in [5.74, 6) is 1.20. The molecule has 0 radical (unpaired) electrons. The zero-order valence-electron chi connectivity index (χ0n) is 9.22. The number of thioether (sulfide) groups is 1. The van der Waals surface area contributed by atoms with Crippen LogP contribution in [0.3, 0.4) is 0 Å². The fraction of sp³-hybridized carbons (Fsp3) is 0.250. The lowest BCUT2D eigenvalue weighted by Crippen LogP contribution is -2.06. The van der Waals surface area contributed by atoms with Gasteiger partial charge in [-0.1, -0.05) is 30.0 Å². The van der Waals surface area contributed by atoms with Crippen molar-refractivity contribution < 1.29 is 4.58 Å². The first-order chi connectivity index (χ1) is 7.36. The third kappa shape index (κ3) is 3.83. The van der Waals surface area contributed by atoms with Crippen LogP contribution < -0.4 is 5.32 Å². The van der Waals surface area contributed by atoms with Gasteiger partial charge in [-0.05, 0) is 12.1 Å². The van der Waals surface area contributed by atoms with E-state index in [9.17, 15) is 0 Å². The van der Waals surface area contributed by atoms with Crippen molar-refractivity contribution in [1.82, 2.24) is 0 Å². The van der Waals surface area contributed by atoms with Gasteiger partial charge in [0.15, 0.2) is 6.54 Å². The van der Waals surface area contributed by atoms with Crippen molar-refractivity contribution in [3.63, 3.8) is 0 Å². The molecule has 2 rings (SSSR count). The van der Waals surface area contributed by atoms with Crippen molar-refractivity contribution in [2.45, 2.75) is 0 Å². The molecule has 0 bridgehead atoms. The first kappa shape index (κ1) is 13.6. The van der Waals surface area contributed by atoms with Crippen LogP contribution in [0.2, 0.25) is 0 Å². The minimum atomic E-state index is 0. The Morgan fingerprint density at radius 2 is 2.06 bits per heavy atom. The van der Waals surface area contributed by atoms with Crippen LogP contribution in [0.1, 0.15) is 0 Å². The molecule has 1 aliphatic rings. The van der Waals surface area contributed by atoms with Crippen LogP contribution in [0.15, 0.2) is 42.6 Å². The van der Waals surface area contributed by atoms with Crippen LogP contribution in [-0.2, 0) is 0 Å². The zero-order chi connectivity index (χ0) is 10.5. The highest BCUT2D eigenvalue weighted by atomic mass is 127. The number of nitrogens with zero attached hydrogens (tertiary/aromatic N) is 1. The Kier molecular flexibility index (Phi) is 5.90. The van der Waals surface area contributed by atoms with Crippen LogP contribution in [0.4, 0.5) is 5.69 Å². The minimum absolute atomic E-state index is 0. The van der Waals surface area contributed by atoms with E-state index in [0.29, 0.717) is 0 Å². The number of halogens is 1. The molecule has 0 saturated heterocycles. The van der Waals surface area contributed by atoms with Gasteiger partial charge >= 0.3 is 0 Å². The van der Waals surface area contributed by atoms with Gasteiger partial charge in [0, 0.05) is 18.0 Å². The smallest absolute Gasteiger partial charge is 0.236 e. The molecule has 0 unspecified atom stereocenters. The molecule has 1 aromatic carbocycles. The van der Waals surface area contributed by atoms with Crippen molar-refractivity contribution in [3.8, 4) is 0 Å². The summed E-state index contributed by atoms with van der Waals surface area (Å²) in [7, 11) is 2.13. The number of para-hydroxylation sites is 1. The Balaban J connectivity index is 0.00000128. The highest BCUT2D eigenvalue weighted by Gasteiger charge is 2.15. The summed E-state index contributed by atoms with van der Waals surface area (Å²) in [4.78, 5) is 0. The Hall–Kier alpha value is -0.490. The van der Waals surface area contributed by atoms with E-state index < -0.39 is 0 Å². The number of rotatable bonds is 3. The van der Waals surface area contributed by atoms with Crippen molar-refractivity contribution in [3.05, 3.63) is 42.6 Å². The number of anilines is 1. The first-order valence-electron chi connectivity index (χ1n) is 5.05. The van der Waals surface area contributed by atoms with E-state index >= 15 is 0 Å². The molecule has 2 nitrogen and oxygen atoms in total. The Labute approximate surface area is 118 Å². The van der Waals surface area contributed by atoms with Crippen molar-refractivity contribution in [1.29, 1.82) is 0 Å². The van der Waals surface area contributed by atoms with Crippen LogP contribution in [0.5, 0.6) is 0 Å². The third-order valence-electron chi connectivity index (χ3n) is 2.30. The summed E-state index contributed by atoms with van der Waals surface area (Å²) in [6.07, 6.45) is 4.13. The molecule has 0 aliphatic carbocycles. The lowest BCUT2D eigenvalue weighted by Gasteiger charge is -1.97. The molecule has 0 aromatic heterocycles. The van der Waals surface area contributed by atoms with Gasteiger partial charge < -0.3 is 5.32 Å². The van der Waals surface area contributed by atoms with Crippen molar-refractivity contribution in [2.24, 2.45) is 0 Å². The predicted molar refractivity (Wildman–Crippen MR) is 83.1 cm³/mol. The fourth-order valence-corrected chi connectivity index (χ4v) is 2.48. The maximum Gasteiger partial charge on any atom is 0.236 e. The maximum absolute atomic E-state index is 3.25. The topological polar surface area (TPSA) is 15.0 Å². The SMILES string of the molecule is C[N+]1=C(/C=C\Nc2ccccc2)SCC1.I. The molecule has 86 valence electrons. The van der Waals surface area contributed by atoms with Crippen LogP contribution >= 0.6 is 35.7 Å². The molecule has 0 saturated carbocycles. The van der Waals surface area contributed by atoms with Crippen LogP contribution in [-0.4, -0.2) is 29.0 Å². The van der Waals surface area contributed by atoms with E-state index in [-0.39, 0.29) is 24.0 Å². The summed E-state index contributed by atoms with van der Waals surface area (Å²) in [6, 6.07) is 10.2. The van der Waals surface area contributed by atoms with E-state index in [2.05, 4.69) is 35.1 Å². The molecule has 16 heavy (non-hydrogen) atoms. The van der Waals surface area contributed by atoms with E-state index in [1.54, 1.807) is 0 Å². The summed E-state index contributed by atoms with van der Waals surface area (Å²) >= 11 is 1.90. The average Bonchev–Trinajstić information content (AvgIpc) is 2.66. The standard InChI is InChI=1S/C12H14N2S.HI/c1-14-9-10-15-12(14)7-8-13-11-5-3-2-4-6-11;/h2-8H,9-10H2,1H3;1H/p+1. The number of nitrogens with one attached hydrogen (secondary N) is 1. The molecule has 0 fully saturated rings. The number of hydrogen-bond donors (Lipinski definition) is 1. The third-order valence-corrected chi connectivity index (χ3v) is 3.43. The van der Waals surface area contributed by atoms with Gasteiger partial charge in [0.2, 0.25) is 5.04 Å². The molecule has 0 atom stereocenters. The monoisotopic (exact) mass is 347 g/mol. The maximum atomic E-state index is 3.25. The van der Waals surface area contributed by atoms with Gasteiger partial charge in [-0.3, -0.25) is 0 Å². The zero-order valence-corrected chi connectivity index (χ0v) is 12.4. The first-order valence-corrected chi connectivity index (χ1v) is 6.04. The molecule has 0 amide bonds. The average molecular weight is 347 g/mol. The fourth-order valence-electron chi connectivity index (χ4n) is 1.43. The lowest BCUT2D eigenvalue weighted by molar-refractivity contribution is -0.485. The van der Waals surface area contributed by atoms with Gasteiger partial charge in [0.1, 0.15) is 7.05 Å². The second-order valence-corrected chi connectivity index (χ2v) is 4.57. The van der Waals surface area contributed by atoms with E-state index in [1.807, 2.05) is 36.2 Å². The molecular weight excluding hydrogens is 331 g/mol. The summed E-state index contributed by atoms with van der Waals surface area (Å²) < 4.78 is 2.27. The van der Waals surface area contributed by atoms with E-state index in [0.717, 1.165) is 12.2 Å². The summed E-state index contributed by atoms with van der Waals surface area (Å²) in [5, 5.41) is 4.58. The summed E-state index contributed by atoms with van der Waals surface area (Å²) in [5.41, 5.74) is 1.12. The van der Waals surface area contributed by atoms with Gasteiger partial charge in [0.25, 0.3) is 0 Å². The molecule has 0 spiro atoms. The Morgan fingerprint density at radius 3 is 2.69 bits per heavy atom. The lowest BCUT2D eigenvalue weighted by atomic mass is 10.3. The quantitative estimate of drug-likeness (QED) is 0.668. The van der Waals surface area contributed by atoms with Crippen molar-refractivity contribution >= 4 is 46.5 Å². The van der Waals surface area contributed by atoms with Gasteiger partial charge in [-0.25, -0.2) is 4.58 Å². The van der Waals surface area contributed by atoms with E-state index in [1.165, 1.54) is 10.8 Å². The van der Waals surface area contributed by atoms with Crippen LogP contribution in [0, 0.1) is 0 Å². The van der Waals surface area contributed by atoms with Gasteiger partial charge in [-0.2, -0.15) is 0 Å². The minimum Gasteiger partial charge on any atom is -0.361 e. The van der Waals surface area contributed by atoms with Crippen molar-refractivity contribution in [2.75, 3.05) is 24.7 Å². The van der Waals surface area contributed by atoms with Gasteiger partial charge in [-0.15, -0.1) is 24.0 Å². The number of hydrogen-bond acceptors (Lipinski definition) is 2. The second-order valence-electron chi connectivity index (χ2n) is 3.45. The molecule has 1 aromatic rings. The number of benzene rings is 1. The highest BCUT2D eigenvalue weighted by Crippen LogP contribution is 2.11. The van der Waals surface area contributed by atoms with Gasteiger partial charge in [0.05, 0.1) is 5.75 Å². The Bertz CT molecular complexity index is 387. The largest absolute Gasteiger partial charge is 0.361 e. The molecule has 1 N–H and O–H groups in total. The normalized spacial score (nSPS) is 15.3. The second kappa shape index (κ2) is 6.96. The molecule has 4 heteroatoms. The highest BCUT2D eigenvalue weighted by molar-refractivity contribution is 14.0. The molecule has 1 heterocycles.